The highest BCUT2D eigenvalue weighted by Gasteiger charge is 2.20. The normalized spacial score (nSPS) is 11.3. The molecule has 0 spiro atoms. The van der Waals surface area contributed by atoms with Crippen molar-refractivity contribution in [2.24, 2.45) is 0 Å². The van der Waals surface area contributed by atoms with Crippen LogP contribution in [0.4, 0.5) is 0 Å². The fourth-order valence-corrected chi connectivity index (χ4v) is 3.33. The van der Waals surface area contributed by atoms with Crippen LogP contribution in [0.5, 0.6) is 5.75 Å². The maximum absolute atomic E-state index is 12.5. The molecule has 0 radical (unpaired) electrons. The van der Waals surface area contributed by atoms with Crippen molar-refractivity contribution in [2.75, 3.05) is 7.11 Å². The van der Waals surface area contributed by atoms with Crippen LogP contribution in [0.3, 0.4) is 0 Å². The van der Waals surface area contributed by atoms with E-state index in [1.165, 1.54) is 12.3 Å². The number of sulfone groups is 1. The molecule has 0 saturated carbocycles. The maximum atomic E-state index is 12.5. The third-order valence-corrected chi connectivity index (χ3v) is 4.98. The van der Waals surface area contributed by atoms with E-state index in [0.29, 0.717) is 16.2 Å². The van der Waals surface area contributed by atoms with Crippen molar-refractivity contribution in [1.29, 1.82) is 0 Å². The van der Waals surface area contributed by atoms with Gasteiger partial charge in [-0.2, -0.15) is 0 Å². The predicted octanol–water partition coefficient (Wildman–Crippen LogP) is 2.54. The van der Waals surface area contributed by atoms with Crippen LogP contribution in [0, 0.1) is 13.8 Å². The molecule has 100 valence electrons. The average molecular weight is 277 g/mol. The first-order valence-corrected chi connectivity index (χ1v) is 7.26. The Bertz CT molecular complexity index is 691. The molecule has 0 aliphatic rings. The Morgan fingerprint density at radius 1 is 1.05 bits per heavy atom. The van der Waals surface area contributed by atoms with Gasteiger partial charge in [0.25, 0.3) is 0 Å². The van der Waals surface area contributed by atoms with Crippen molar-refractivity contribution in [3.63, 3.8) is 0 Å². The van der Waals surface area contributed by atoms with Crippen molar-refractivity contribution < 1.29 is 13.2 Å². The number of rotatable bonds is 3. The second kappa shape index (κ2) is 5.01. The summed E-state index contributed by atoms with van der Waals surface area (Å²) >= 11 is 0. The summed E-state index contributed by atoms with van der Waals surface area (Å²) in [6.45, 7) is 3.56. The van der Waals surface area contributed by atoms with Crippen molar-refractivity contribution >= 4 is 9.84 Å². The van der Waals surface area contributed by atoms with Crippen LogP contribution in [-0.4, -0.2) is 20.5 Å². The molecule has 2 rings (SSSR count). The Balaban J connectivity index is 2.55. The highest BCUT2D eigenvalue weighted by molar-refractivity contribution is 7.91. The highest BCUT2D eigenvalue weighted by Crippen LogP contribution is 2.25. The highest BCUT2D eigenvalue weighted by atomic mass is 32.2. The molecule has 1 heterocycles. The van der Waals surface area contributed by atoms with E-state index in [2.05, 4.69) is 4.98 Å². The van der Waals surface area contributed by atoms with E-state index >= 15 is 0 Å². The zero-order valence-electron chi connectivity index (χ0n) is 11.0. The Morgan fingerprint density at radius 2 is 1.68 bits per heavy atom. The number of ether oxygens (including phenoxy) is 1. The van der Waals surface area contributed by atoms with Gasteiger partial charge >= 0.3 is 0 Å². The van der Waals surface area contributed by atoms with Crippen molar-refractivity contribution in [1.82, 2.24) is 4.98 Å². The minimum Gasteiger partial charge on any atom is -0.497 e. The molecule has 0 aliphatic carbocycles. The molecule has 0 atom stereocenters. The summed E-state index contributed by atoms with van der Waals surface area (Å²) in [6.07, 6.45) is 1.51. The first kappa shape index (κ1) is 13.5. The smallest absolute Gasteiger partial charge is 0.206 e. The van der Waals surface area contributed by atoms with E-state index in [4.69, 9.17) is 4.74 Å². The monoisotopic (exact) mass is 277 g/mol. The van der Waals surface area contributed by atoms with Gasteiger partial charge in [-0.05, 0) is 49.7 Å². The molecule has 1 aromatic carbocycles. The summed E-state index contributed by atoms with van der Waals surface area (Å²) in [4.78, 5) is 4.64. The summed E-state index contributed by atoms with van der Waals surface area (Å²) in [6, 6.07) is 7.89. The number of benzene rings is 1. The van der Waals surface area contributed by atoms with Crippen molar-refractivity contribution in [2.45, 2.75) is 23.6 Å². The number of pyridine rings is 1. The van der Waals surface area contributed by atoms with Gasteiger partial charge < -0.3 is 4.74 Å². The molecule has 0 unspecified atom stereocenters. The largest absolute Gasteiger partial charge is 0.497 e. The topological polar surface area (TPSA) is 56.3 Å². The van der Waals surface area contributed by atoms with E-state index in [9.17, 15) is 8.42 Å². The minimum atomic E-state index is -3.51. The first-order chi connectivity index (χ1) is 8.96. The van der Waals surface area contributed by atoms with Crippen LogP contribution in [0.15, 0.2) is 46.3 Å². The second-order valence-corrected chi connectivity index (χ2v) is 6.12. The number of hydrogen-bond acceptors (Lipinski definition) is 4. The van der Waals surface area contributed by atoms with Gasteiger partial charge in [0.05, 0.1) is 16.9 Å². The van der Waals surface area contributed by atoms with Gasteiger partial charge in [0, 0.05) is 11.9 Å². The fraction of sp³-hybridized carbons (Fsp3) is 0.214. The third kappa shape index (κ3) is 2.46. The number of hydrogen-bond donors (Lipinski definition) is 0. The number of aryl methyl sites for hydroxylation is 1. The Morgan fingerprint density at radius 3 is 2.26 bits per heavy atom. The second-order valence-electron chi connectivity index (χ2n) is 4.20. The molecule has 0 saturated heterocycles. The lowest BCUT2D eigenvalue weighted by molar-refractivity contribution is 0.414. The first-order valence-electron chi connectivity index (χ1n) is 5.78. The summed E-state index contributed by atoms with van der Waals surface area (Å²) in [5.74, 6) is 0.626. The van der Waals surface area contributed by atoms with Gasteiger partial charge in [-0.3, -0.25) is 4.98 Å². The molecule has 0 bridgehead atoms. The average Bonchev–Trinajstić information content (AvgIpc) is 2.41. The molecule has 4 nitrogen and oxygen atoms in total. The molecule has 0 amide bonds. The Labute approximate surface area is 113 Å². The zero-order chi connectivity index (χ0) is 14.0. The van der Waals surface area contributed by atoms with Crippen LogP contribution in [0.25, 0.3) is 0 Å². The van der Waals surface area contributed by atoms with E-state index in [0.717, 1.165) is 5.69 Å². The fourth-order valence-electron chi connectivity index (χ4n) is 1.79. The SMILES string of the molecule is COc1ccc(S(=O)(=O)c2ccnc(C)c2C)cc1. The van der Waals surface area contributed by atoms with Crippen LogP contribution in [0.1, 0.15) is 11.3 Å². The maximum Gasteiger partial charge on any atom is 0.206 e. The predicted molar refractivity (Wildman–Crippen MR) is 72.2 cm³/mol. The lowest BCUT2D eigenvalue weighted by Gasteiger charge is -2.09. The van der Waals surface area contributed by atoms with Gasteiger partial charge in [0.15, 0.2) is 0 Å². The van der Waals surface area contributed by atoms with Crippen molar-refractivity contribution in [3.8, 4) is 5.75 Å². The molecule has 0 aliphatic heterocycles. The summed E-state index contributed by atoms with van der Waals surface area (Å²) < 4.78 is 30.1. The minimum absolute atomic E-state index is 0.252. The molecule has 1 aromatic heterocycles. The third-order valence-electron chi connectivity index (χ3n) is 3.07. The van der Waals surface area contributed by atoms with Gasteiger partial charge in [-0.25, -0.2) is 8.42 Å². The van der Waals surface area contributed by atoms with Gasteiger partial charge in [0.1, 0.15) is 5.75 Å². The summed E-state index contributed by atoms with van der Waals surface area (Å²) in [5, 5.41) is 0. The number of aromatic nitrogens is 1. The lowest BCUT2D eigenvalue weighted by Crippen LogP contribution is -2.06. The Kier molecular flexibility index (Phi) is 3.57. The van der Waals surface area contributed by atoms with Crippen LogP contribution in [-0.2, 0) is 9.84 Å². The lowest BCUT2D eigenvalue weighted by atomic mass is 10.2. The van der Waals surface area contributed by atoms with Gasteiger partial charge in [-0.15, -0.1) is 0 Å². The molecular formula is C14H15NO3S. The van der Waals surface area contributed by atoms with Gasteiger partial charge in [-0.1, -0.05) is 0 Å². The van der Waals surface area contributed by atoms with E-state index in [1.807, 2.05) is 0 Å². The van der Waals surface area contributed by atoms with Crippen LogP contribution in [0.2, 0.25) is 0 Å². The summed E-state index contributed by atoms with van der Waals surface area (Å²) in [5.41, 5.74) is 1.40. The van der Waals surface area contributed by atoms with Crippen LogP contribution < -0.4 is 4.74 Å². The quantitative estimate of drug-likeness (QED) is 0.865. The summed E-state index contributed by atoms with van der Waals surface area (Å²) in [7, 11) is -1.97. The Hall–Kier alpha value is -1.88. The van der Waals surface area contributed by atoms with Crippen LogP contribution >= 0.6 is 0 Å². The van der Waals surface area contributed by atoms with Gasteiger partial charge in [0.2, 0.25) is 9.84 Å². The molecule has 5 heteroatoms. The molecule has 0 fully saturated rings. The number of methoxy groups -OCH3 is 1. The van der Waals surface area contributed by atoms with E-state index in [1.54, 1.807) is 45.2 Å². The van der Waals surface area contributed by atoms with Crippen molar-refractivity contribution in [3.05, 3.63) is 47.8 Å². The standard InChI is InChI=1S/C14H15NO3S/c1-10-11(2)15-9-8-14(10)19(16,17)13-6-4-12(18-3)5-7-13/h4-9H,1-3H3. The number of nitrogens with zero attached hydrogens (tertiary/aromatic N) is 1. The molecule has 19 heavy (non-hydrogen) atoms. The molecule has 0 N–H and O–H groups in total. The van der Waals surface area contributed by atoms with E-state index < -0.39 is 9.84 Å². The molecule has 2 aromatic rings. The van der Waals surface area contributed by atoms with E-state index in [-0.39, 0.29) is 4.90 Å². The zero-order valence-corrected chi connectivity index (χ0v) is 11.9. The molecular weight excluding hydrogens is 262 g/mol.